The van der Waals surface area contributed by atoms with E-state index in [9.17, 15) is 0 Å². The SMILES string of the molecule is NC(c1cscc1Br)C(c1ccccc1)c1ccccc1. The van der Waals surface area contributed by atoms with Gasteiger partial charge in [0, 0.05) is 21.8 Å². The molecular weight excluding hydrogens is 342 g/mol. The van der Waals surface area contributed by atoms with Crippen molar-refractivity contribution in [3.05, 3.63) is 92.6 Å². The van der Waals surface area contributed by atoms with Crippen LogP contribution in [-0.2, 0) is 0 Å². The molecule has 0 aliphatic heterocycles. The van der Waals surface area contributed by atoms with Crippen LogP contribution in [0, 0.1) is 0 Å². The number of hydrogen-bond donors (Lipinski definition) is 1. The van der Waals surface area contributed by atoms with Gasteiger partial charge in [-0.3, -0.25) is 0 Å². The van der Waals surface area contributed by atoms with Crippen LogP contribution in [0.5, 0.6) is 0 Å². The summed E-state index contributed by atoms with van der Waals surface area (Å²) >= 11 is 5.29. The van der Waals surface area contributed by atoms with Crippen molar-refractivity contribution in [2.45, 2.75) is 12.0 Å². The topological polar surface area (TPSA) is 26.0 Å². The maximum Gasteiger partial charge on any atom is 0.0425 e. The van der Waals surface area contributed by atoms with Crippen LogP contribution in [0.1, 0.15) is 28.7 Å². The number of rotatable bonds is 4. The fourth-order valence-corrected chi connectivity index (χ4v) is 4.24. The quantitative estimate of drug-likeness (QED) is 0.669. The highest BCUT2D eigenvalue weighted by Crippen LogP contribution is 2.38. The van der Waals surface area contributed by atoms with E-state index in [1.165, 1.54) is 11.1 Å². The largest absolute Gasteiger partial charge is 0.323 e. The molecule has 0 aliphatic rings. The van der Waals surface area contributed by atoms with Gasteiger partial charge in [0.1, 0.15) is 0 Å². The first-order chi connectivity index (χ1) is 10.3. The lowest BCUT2D eigenvalue weighted by Crippen LogP contribution is -2.20. The Kier molecular flexibility index (Phi) is 4.54. The summed E-state index contributed by atoms with van der Waals surface area (Å²) in [5, 5.41) is 4.22. The van der Waals surface area contributed by atoms with Crippen LogP contribution in [0.4, 0.5) is 0 Å². The number of hydrogen-bond acceptors (Lipinski definition) is 2. The van der Waals surface area contributed by atoms with Crippen molar-refractivity contribution in [2.24, 2.45) is 5.73 Å². The molecule has 0 amide bonds. The van der Waals surface area contributed by atoms with Gasteiger partial charge in [0.2, 0.25) is 0 Å². The van der Waals surface area contributed by atoms with Crippen molar-refractivity contribution < 1.29 is 0 Å². The predicted molar refractivity (Wildman–Crippen MR) is 93.7 cm³/mol. The first kappa shape index (κ1) is 14.5. The maximum atomic E-state index is 6.63. The van der Waals surface area contributed by atoms with Gasteiger partial charge in [0.05, 0.1) is 0 Å². The van der Waals surface area contributed by atoms with Crippen molar-refractivity contribution in [3.63, 3.8) is 0 Å². The monoisotopic (exact) mass is 357 g/mol. The van der Waals surface area contributed by atoms with Gasteiger partial charge in [-0.2, -0.15) is 11.3 Å². The van der Waals surface area contributed by atoms with E-state index in [-0.39, 0.29) is 12.0 Å². The van der Waals surface area contributed by atoms with E-state index >= 15 is 0 Å². The molecule has 0 aliphatic carbocycles. The molecule has 21 heavy (non-hydrogen) atoms. The molecule has 0 spiro atoms. The Morgan fingerprint density at radius 3 is 1.76 bits per heavy atom. The Bertz CT molecular complexity index is 654. The Morgan fingerprint density at radius 2 is 1.33 bits per heavy atom. The lowest BCUT2D eigenvalue weighted by Gasteiger charge is -2.25. The molecule has 1 nitrogen and oxygen atoms in total. The van der Waals surface area contributed by atoms with Crippen molar-refractivity contribution in [1.29, 1.82) is 0 Å². The second-order valence-corrected chi connectivity index (χ2v) is 6.60. The van der Waals surface area contributed by atoms with Crippen LogP contribution in [0.3, 0.4) is 0 Å². The molecule has 3 aromatic rings. The molecule has 1 atom stereocenters. The second kappa shape index (κ2) is 6.56. The predicted octanol–water partition coefficient (Wildman–Crippen LogP) is 5.34. The van der Waals surface area contributed by atoms with E-state index in [4.69, 9.17) is 5.73 Å². The van der Waals surface area contributed by atoms with Crippen LogP contribution in [-0.4, -0.2) is 0 Å². The van der Waals surface area contributed by atoms with Crippen LogP contribution in [0.25, 0.3) is 0 Å². The molecule has 1 unspecified atom stereocenters. The molecule has 1 aromatic heterocycles. The average Bonchev–Trinajstić information content (AvgIpc) is 2.96. The molecule has 0 saturated heterocycles. The fourth-order valence-electron chi connectivity index (χ4n) is 2.64. The minimum Gasteiger partial charge on any atom is -0.323 e. The van der Waals surface area contributed by atoms with Gasteiger partial charge in [0.25, 0.3) is 0 Å². The summed E-state index contributed by atoms with van der Waals surface area (Å²) in [5.41, 5.74) is 10.3. The third-order valence-electron chi connectivity index (χ3n) is 3.68. The molecule has 2 N–H and O–H groups in total. The molecule has 3 rings (SSSR count). The van der Waals surface area contributed by atoms with Crippen LogP contribution < -0.4 is 5.73 Å². The molecule has 2 aromatic carbocycles. The third-order valence-corrected chi connectivity index (χ3v) is 5.43. The molecule has 0 saturated carbocycles. The van der Waals surface area contributed by atoms with Gasteiger partial charge < -0.3 is 5.73 Å². The fraction of sp³-hybridized carbons (Fsp3) is 0.111. The zero-order valence-electron chi connectivity index (χ0n) is 11.4. The summed E-state index contributed by atoms with van der Waals surface area (Å²) in [5.74, 6) is 0.151. The van der Waals surface area contributed by atoms with Gasteiger partial charge in [-0.25, -0.2) is 0 Å². The minimum absolute atomic E-state index is 0.0737. The highest BCUT2D eigenvalue weighted by atomic mass is 79.9. The van der Waals surface area contributed by atoms with E-state index in [1.54, 1.807) is 11.3 Å². The first-order valence-corrected chi connectivity index (χ1v) is 8.58. The molecule has 3 heteroatoms. The Labute approximate surface area is 137 Å². The standard InChI is InChI=1S/C18H16BrNS/c19-16-12-21-11-15(16)18(20)17(13-7-3-1-4-8-13)14-9-5-2-6-10-14/h1-12,17-18H,20H2. The molecule has 106 valence electrons. The summed E-state index contributed by atoms with van der Waals surface area (Å²) < 4.78 is 1.09. The number of halogens is 1. The van der Waals surface area contributed by atoms with E-state index < -0.39 is 0 Å². The number of benzene rings is 2. The molecule has 0 fully saturated rings. The van der Waals surface area contributed by atoms with Crippen molar-refractivity contribution in [3.8, 4) is 0 Å². The highest BCUT2D eigenvalue weighted by Gasteiger charge is 2.25. The third kappa shape index (κ3) is 3.10. The Hall–Kier alpha value is -1.42. The summed E-state index contributed by atoms with van der Waals surface area (Å²) in [6.07, 6.45) is 0. The maximum absolute atomic E-state index is 6.63. The minimum atomic E-state index is -0.0737. The number of nitrogens with two attached hydrogens (primary N) is 1. The van der Waals surface area contributed by atoms with Gasteiger partial charge in [-0.1, -0.05) is 60.7 Å². The van der Waals surface area contributed by atoms with Crippen molar-refractivity contribution >= 4 is 27.3 Å². The summed E-state index contributed by atoms with van der Waals surface area (Å²) in [4.78, 5) is 0. The Morgan fingerprint density at radius 1 is 0.810 bits per heavy atom. The highest BCUT2D eigenvalue weighted by molar-refractivity contribution is 9.10. The summed E-state index contributed by atoms with van der Waals surface area (Å²) in [7, 11) is 0. The van der Waals surface area contributed by atoms with E-state index in [0.29, 0.717) is 0 Å². The first-order valence-electron chi connectivity index (χ1n) is 6.84. The normalized spacial score (nSPS) is 12.5. The lowest BCUT2D eigenvalue weighted by molar-refractivity contribution is 0.629. The van der Waals surface area contributed by atoms with Crippen molar-refractivity contribution in [1.82, 2.24) is 0 Å². The van der Waals surface area contributed by atoms with E-state index in [0.717, 1.165) is 10.0 Å². The Balaban J connectivity index is 2.07. The lowest BCUT2D eigenvalue weighted by atomic mass is 9.83. The molecule has 0 radical (unpaired) electrons. The van der Waals surface area contributed by atoms with Crippen LogP contribution in [0.2, 0.25) is 0 Å². The number of thiophene rings is 1. The van der Waals surface area contributed by atoms with Crippen LogP contribution in [0.15, 0.2) is 75.9 Å². The second-order valence-electron chi connectivity index (χ2n) is 5.00. The molecule has 0 bridgehead atoms. The molecular formula is C18H16BrNS. The van der Waals surface area contributed by atoms with E-state index in [2.05, 4.69) is 75.2 Å². The molecule has 1 heterocycles. The average molecular weight is 358 g/mol. The van der Waals surface area contributed by atoms with Crippen molar-refractivity contribution in [2.75, 3.05) is 0 Å². The summed E-state index contributed by atoms with van der Waals surface area (Å²) in [6, 6.07) is 20.9. The van der Waals surface area contributed by atoms with Gasteiger partial charge in [0.15, 0.2) is 0 Å². The van der Waals surface area contributed by atoms with Gasteiger partial charge in [-0.15, -0.1) is 0 Å². The zero-order valence-corrected chi connectivity index (χ0v) is 13.8. The smallest absolute Gasteiger partial charge is 0.0425 e. The summed E-state index contributed by atoms with van der Waals surface area (Å²) in [6.45, 7) is 0. The van der Waals surface area contributed by atoms with E-state index in [1.807, 2.05) is 12.1 Å². The zero-order chi connectivity index (χ0) is 14.7. The van der Waals surface area contributed by atoms with Gasteiger partial charge in [-0.05, 0) is 38.0 Å². The van der Waals surface area contributed by atoms with Gasteiger partial charge >= 0.3 is 0 Å². The van der Waals surface area contributed by atoms with Crippen LogP contribution >= 0.6 is 27.3 Å².